The van der Waals surface area contributed by atoms with Crippen molar-refractivity contribution in [3.05, 3.63) is 52.6 Å². The van der Waals surface area contributed by atoms with Crippen LogP contribution < -0.4 is 15.4 Å². The van der Waals surface area contributed by atoms with Gasteiger partial charge < -0.3 is 19.9 Å². The van der Waals surface area contributed by atoms with Crippen LogP contribution in [0.2, 0.25) is 5.02 Å². The van der Waals surface area contributed by atoms with E-state index in [1.807, 2.05) is 0 Å². The van der Waals surface area contributed by atoms with Crippen molar-refractivity contribution in [2.45, 2.75) is 12.0 Å². The van der Waals surface area contributed by atoms with Crippen molar-refractivity contribution in [3.63, 3.8) is 0 Å². The molecule has 0 radical (unpaired) electrons. The second kappa shape index (κ2) is 6.70. The summed E-state index contributed by atoms with van der Waals surface area (Å²) in [4.78, 5) is 12.3. The summed E-state index contributed by atoms with van der Waals surface area (Å²) in [5.41, 5.74) is 0.240. The molecule has 1 saturated heterocycles. The first-order valence-electron chi connectivity index (χ1n) is 8.10. The Bertz CT molecular complexity index is 1020. The third-order valence-corrected chi connectivity index (χ3v) is 4.80. The fourth-order valence-corrected chi connectivity index (χ4v) is 3.41. The number of anilines is 1. The third kappa shape index (κ3) is 3.06. The predicted octanol–water partition coefficient (Wildman–Crippen LogP) is 3.46. The van der Waals surface area contributed by atoms with Crippen LogP contribution in [0.15, 0.2) is 34.9 Å². The average Bonchev–Trinajstić information content (AvgIpc) is 3.19. The predicted molar refractivity (Wildman–Crippen MR) is 95.1 cm³/mol. The summed E-state index contributed by atoms with van der Waals surface area (Å²) in [5, 5.41) is 10.5. The van der Waals surface area contributed by atoms with Gasteiger partial charge in [0.2, 0.25) is 5.91 Å². The van der Waals surface area contributed by atoms with Crippen molar-refractivity contribution in [3.8, 4) is 5.75 Å². The Morgan fingerprint density at radius 1 is 1.30 bits per heavy atom. The first-order chi connectivity index (χ1) is 13.0. The van der Waals surface area contributed by atoms with E-state index in [0.29, 0.717) is 21.8 Å². The van der Waals surface area contributed by atoms with Gasteiger partial charge in [-0.15, -0.1) is 0 Å². The molecule has 1 aliphatic rings. The zero-order valence-electron chi connectivity index (χ0n) is 14.1. The van der Waals surface area contributed by atoms with E-state index in [0.717, 1.165) is 12.1 Å². The lowest BCUT2D eigenvalue weighted by Gasteiger charge is -2.20. The monoisotopic (exact) mass is 393 g/mol. The molecular formula is C18H14ClF2N3O3. The van der Waals surface area contributed by atoms with Crippen LogP contribution >= 0.6 is 11.6 Å². The number of methoxy groups -OCH3 is 1. The van der Waals surface area contributed by atoms with Crippen LogP contribution in [-0.4, -0.2) is 30.8 Å². The minimum atomic E-state index is -0.925. The maximum atomic E-state index is 14.5. The topological polar surface area (TPSA) is 76.4 Å². The van der Waals surface area contributed by atoms with E-state index in [1.54, 1.807) is 18.2 Å². The number of carbonyl (C=O) groups excluding carboxylic acids is 1. The Kier molecular flexibility index (Phi) is 4.35. The summed E-state index contributed by atoms with van der Waals surface area (Å²) in [6.45, 7) is 0.0816. The van der Waals surface area contributed by atoms with Gasteiger partial charge in [0.05, 0.1) is 12.5 Å². The lowest BCUT2D eigenvalue weighted by Crippen LogP contribution is -2.33. The van der Waals surface area contributed by atoms with Gasteiger partial charge in [-0.25, -0.2) is 8.78 Å². The standard InChI is InChI=1S/C18H14ClF2N3O3/c1-26-9-5-12(20)15(13(21)6-9)11-7-22-18(25)16(11)23-17-10-3-2-8(19)4-14(10)27-24-17/h2-6,11,16H,7H2,1H3,(H,22,25)(H,23,24)/t11?,16-/m0/s1. The first kappa shape index (κ1) is 17.5. The number of ether oxygens (including phenoxy) is 1. The van der Waals surface area contributed by atoms with Gasteiger partial charge >= 0.3 is 0 Å². The number of halogens is 3. The van der Waals surface area contributed by atoms with E-state index in [2.05, 4.69) is 15.8 Å². The van der Waals surface area contributed by atoms with E-state index >= 15 is 0 Å². The Balaban J connectivity index is 1.70. The van der Waals surface area contributed by atoms with Crippen LogP contribution in [0.1, 0.15) is 11.5 Å². The van der Waals surface area contributed by atoms with Crippen molar-refractivity contribution in [1.29, 1.82) is 0 Å². The van der Waals surface area contributed by atoms with Gasteiger partial charge in [-0.2, -0.15) is 0 Å². The molecule has 2 atom stereocenters. The summed E-state index contributed by atoms with van der Waals surface area (Å²) < 4.78 is 39.1. The Morgan fingerprint density at radius 3 is 2.74 bits per heavy atom. The highest BCUT2D eigenvalue weighted by molar-refractivity contribution is 6.31. The largest absolute Gasteiger partial charge is 0.497 e. The smallest absolute Gasteiger partial charge is 0.243 e. The second-order valence-corrected chi connectivity index (χ2v) is 6.59. The summed E-state index contributed by atoms with van der Waals surface area (Å²) in [7, 11) is 1.32. The highest BCUT2D eigenvalue weighted by Crippen LogP contribution is 2.34. The molecule has 0 saturated carbocycles. The number of nitrogens with zero attached hydrogens (tertiary/aromatic N) is 1. The van der Waals surface area contributed by atoms with Crippen molar-refractivity contribution in [2.75, 3.05) is 19.0 Å². The normalized spacial score (nSPS) is 19.3. The molecule has 4 rings (SSSR count). The minimum Gasteiger partial charge on any atom is -0.497 e. The summed E-state index contributed by atoms with van der Waals surface area (Å²) in [6, 6.07) is 6.18. The third-order valence-electron chi connectivity index (χ3n) is 4.57. The number of nitrogens with one attached hydrogen (secondary N) is 2. The van der Waals surface area contributed by atoms with Crippen LogP contribution in [0, 0.1) is 11.6 Å². The molecule has 1 aromatic heterocycles. The molecule has 1 amide bonds. The van der Waals surface area contributed by atoms with Crippen LogP contribution in [0.25, 0.3) is 11.0 Å². The van der Waals surface area contributed by atoms with Crippen LogP contribution in [0.3, 0.4) is 0 Å². The molecule has 1 unspecified atom stereocenters. The number of carbonyl (C=O) groups is 1. The molecule has 1 aliphatic heterocycles. The lowest BCUT2D eigenvalue weighted by molar-refractivity contribution is -0.119. The quantitative estimate of drug-likeness (QED) is 0.710. The molecule has 0 bridgehead atoms. The fourth-order valence-electron chi connectivity index (χ4n) is 3.25. The number of aromatic nitrogens is 1. The van der Waals surface area contributed by atoms with Gasteiger partial charge in [0, 0.05) is 41.2 Å². The molecule has 2 heterocycles. The number of amides is 1. The van der Waals surface area contributed by atoms with Gasteiger partial charge in [0.15, 0.2) is 11.4 Å². The zero-order valence-corrected chi connectivity index (χ0v) is 14.8. The summed E-state index contributed by atoms with van der Waals surface area (Å²) >= 11 is 5.92. The highest BCUT2D eigenvalue weighted by Gasteiger charge is 2.39. The Hall–Kier alpha value is -2.87. The molecule has 2 N–H and O–H groups in total. The molecule has 3 aromatic rings. The van der Waals surface area contributed by atoms with E-state index in [1.165, 1.54) is 7.11 Å². The molecule has 2 aromatic carbocycles. The Morgan fingerprint density at radius 2 is 2.04 bits per heavy atom. The maximum absolute atomic E-state index is 14.5. The summed E-state index contributed by atoms with van der Waals surface area (Å²) in [6.07, 6.45) is 0. The zero-order chi connectivity index (χ0) is 19.1. The number of hydrogen-bond acceptors (Lipinski definition) is 5. The van der Waals surface area contributed by atoms with E-state index in [4.69, 9.17) is 20.9 Å². The van der Waals surface area contributed by atoms with E-state index in [-0.39, 0.29) is 23.8 Å². The molecule has 140 valence electrons. The van der Waals surface area contributed by atoms with Crippen molar-refractivity contribution >= 4 is 34.3 Å². The maximum Gasteiger partial charge on any atom is 0.243 e. The van der Waals surface area contributed by atoms with Crippen molar-refractivity contribution in [1.82, 2.24) is 10.5 Å². The molecule has 0 aliphatic carbocycles. The molecule has 0 spiro atoms. The van der Waals surface area contributed by atoms with Gasteiger partial charge in [0.25, 0.3) is 0 Å². The van der Waals surface area contributed by atoms with Gasteiger partial charge in [-0.3, -0.25) is 4.79 Å². The van der Waals surface area contributed by atoms with E-state index in [9.17, 15) is 13.6 Å². The molecule has 1 fully saturated rings. The van der Waals surface area contributed by atoms with E-state index < -0.39 is 23.6 Å². The average molecular weight is 394 g/mol. The number of fused-ring (bicyclic) bond motifs is 1. The number of benzene rings is 2. The number of hydrogen-bond donors (Lipinski definition) is 2. The molecule has 9 heteroatoms. The molecule has 6 nitrogen and oxygen atoms in total. The Labute approximate surface area is 157 Å². The lowest BCUT2D eigenvalue weighted by atomic mass is 9.92. The van der Waals surface area contributed by atoms with Gasteiger partial charge in [-0.05, 0) is 12.1 Å². The molecular weight excluding hydrogens is 380 g/mol. The molecule has 27 heavy (non-hydrogen) atoms. The number of rotatable bonds is 4. The van der Waals surface area contributed by atoms with Gasteiger partial charge in [0.1, 0.15) is 23.4 Å². The highest BCUT2D eigenvalue weighted by atomic mass is 35.5. The van der Waals surface area contributed by atoms with Crippen molar-refractivity contribution < 1.29 is 22.8 Å². The minimum absolute atomic E-state index is 0.0647. The second-order valence-electron chi connectivity index (χ2n) is 6.15. The van der Waals surface area contributed by atoms with Gasteiger partial charge in [-0.1, -0.05) is 16.8 Å². The fraction of sp³-hybridized carbons (Fsp3) is 0.222. The first-order valence-corrected chi connectivity index (χ1v) is 8.48. The van der Waals surface area contributed by atoms with Crippen LogP contribution in [0.4, 0.5) is 14.6 Å². The van der Waals surface area contributed by atoms with Crippen LogP contribution in [0.5, 0.6) is 5.75 Å². The summed E-state index contributed by atoms with van der Waals surface area (Å²) in [5.74, 6) is -2.37. The van der Waals surface area contributed by atoms with Crippen LogP contribution in [-0.2, 0) is 4.79 Å². The SMILES string of the molecule is COc1cc(F)c(C2CNC(=O)[C@H]2Nc2noc3cc(Cl)ccc23)c(F)c1. The van der Waals surface area contributed by atoms with Crippen molar-refractivity contribution in [2.24, 2.45) is 0 Å².